The van der Waals surface area contributed by atoms with Gasteiger partial charge in [-0.15, -0.1) is 11.3 Å². The lowest BCUT2D eigenvalue weighted by Gasteiger charge is -2.15. The van der Waals surface area contributed by atoms with Crippen LogP contribution in [0.15, 0.2) is 12.1 Å². The van der Waals surface area contributed by atoms with Gasteiger partial charge in [-0.25, -0.2) is 4.79 Å². The van der Waals surface area contributed by atoms with Crippen molar-refractivity contribution in [2.75, 3.05) is 18.0 Å². The highest BCUT2D eigenvalue weighted by molar-refractivity contribution is 7.17. The molecule has 15 heavy (non-hydrogen) atoms. The van der Waals surface area contributed by atoms with E-state index in [1.54, 1.807) is 6.07 Å². The summed E-state index contributed by atoms with van der Waals surface area (Å²) in [4.78, 5) is 13.5. The Morgan fingerprint density at radius 3 is 2.73 bits per heavy atom. The smallest absolute Gasteiger partial charge is 0.345 e. The molecule has 0 radical (unpaired) electrons. The lowest BCUT2D eigenvalue weighted by Crippen LogP contribution is -2.18. The highest BCUT2D eigenvalue weighted by Crippen LogP contribution is 2.53. The first-order valence-corrected chi connectivity index (χ1v) is 6.08. The van der Waals surface area contributed by atoms with Gasteiger partial charge in [0.15, 0.2) is 0 Å². The summed E-state index contributed by atoms with van der Waals surface area (Å²) in [5.41, 5.74) is 0.605. The molecule has 1 N–H and O–H groups in total. The summed E-state index contributed by atoms with van der Waals surface area (Å²) in [6.45, 7) is 2.23. The van der Waals surface area contributed by atoms with Crippen molar-refractivity contribution in [2.24, 2.45) is 5.41 Å². The first-order chi connectivity index (χ1) is 7.19. The van der Waals surface area contributed by atoms with Crippen LogP contribution in [0.4, 0.5) is 5.00 Å². The Bertz CT molecular complexity index is 408. The van der Waals surface area contributed by atoms with E-state index in [1.807, 2.05) is 6.07 Å². The van der Waals surface area contributed by atoms with Gasteiger partial charge in [0.1, 0.15) is 4.88 Å². The number of aromatic carboxylic acids is 1. The van der Waals surface area contributed by atoms with Gasteiger partial charge in [-0.1, -0.05) is 0 Å². The minimum atomic E-state index is -0.813. The second-order valence-electron chi connectivity index (χ2n) is 4.61. The lowest BCUT2D eigenvalue weighted by atomic mass is 10.1. The van der Waals surface area contributed by atoms with E-state index in [-0.39, 0.29) is 0 Å². The Balaban J connectivity index is 1.78. The summed E-state index contributed by atoms with van der Waals surface area (Å²) in [5, 5.41) is 9.97. The summed E-state index contributed by atoms with van der Waals surface area (Å²) >= 11 is 1.39. The Labute approximate surface area is 92.3 Å². The number of thiophene rings is 1. The van der Waals surface area contributed by atoms with Crippen LogP contribution in [-0.2, 0) is 0 Å². The molecule has 0 atom stereocenters. The number of hydrogen-bond acceptors (Lipinski definition) is 3. The molecule has 1 aromatic heterocycles. The molecule has 2 heterocycles. The number of carboxylic acid groups (broad SMARTS) is 1. The van der Waals surface area contributed by atoms with E-state index in [0.717, 1.165) is 18.1 Å². The molecule has 1 aliphatic heterocycles. The molecule has 0 amide bonds. The van der Waals surface area contributed by atoms with Crippen LogP contribution in [0, 0.1) is 5.41 Å². The van der Waals surface area contributed by atoms with Gasteiger partial charge >= 0.3 is 5.97 Å². The summed E-state index contributed by atoms with van der Waals surface area (Å²) < 4.78 is 0. The number of carbonyl (C=O) groups is 1. The molecule has 1 saturated carbocycles. The molecule has 80 valence electrons. The monoisotopic (exact) mass is 223 g/mol. The van der Waals surface area contributed by atoms with E-state index in [0.29, 0.717) is 10.3 Å². The molecule has 1 saturated heterocycles. The summed E-state index contributed by atoms with van der Waals surface area (Å²) in [6.07, 6.45) is 4.01. The fraction of sp³-hybridized carbons (Fsp3) is 0.545. The average Bonchev–Trinajstić information content (AvgIpc) is 2.67. The molecule has 0 unspecified atom stereocenters. The summed E-state index contributed by atoms with van der Waals surface area (Å²) in [6, 6.07) is 3.65. The van der Waals surface area contributed by atoms with Crippen molar-refractivity contribution in [1.29, 1.82) is 0 Å². The first kappa shape index (κ1) is 9.21. The van der Waals surface area contributed by atoms with Crippen LogP contribution >= 0.6 is 11.3 Å². The average molecular weight is 223 g/mol. The third-order valence-corrected chi connectivity index (χ3v) is 4.64. The fourth-order valence-corrected chi connectivity index (χ4v) is 3.19. The molecule has 3 rings (SSSR count). The molecule has 2 fully saturated rings. The van der Waals surface area contributed by atoms with E-state index in [9.17, 15) is 4.79 Å². The molecule has 0 bridgehead atoms. The third-order valence-electron chi connectivity index (χ3n) is 3.51. The zero-order valence-electron chi connectivity index (χ0n) is 8.40. The quantitative estimate of drug-likeness (QED) is 0.837. The second kappa shape index (κ2) is 2.98. The summed E-state index contributed by atoms with van der Waals surface area (Å²) in [5.74, 6) is -0.813. The summed E-state index contributed by atoms with van der Waals surface area (Å²) in [7, 11) is 0. The van der Waals surface area contributed by atoms with Gasteiger partial charge in [0.05, 0.1) is 5.00 Å². The normalized spacial score (nSPS) is 22.3. The van der Waals surface area contributed by atoms with Crippen molar-refractivity contribution in [3.05, 3.63) is 17.0 Å². The van der Waals surface area contributed by atoms with E-state index >= 15 is 0 Å². The van der Waals surface area contributed by atoms with Crippen LogP contribution in [0.2, 0.25) is 0 Å². The van der Waals surface area contributed by atoms with Crippen molar-refractivity contribution in [3.63, 3.8) is 0 Å². The number of hydrogen-bond donors (Lipinski definition) is 1. The zero-order valence-corrected chi connectivity index (χ0v) is 9.22. The zero-order chi connectivity index (χ0) is 10.5. The van der Waals surface area contributed by atoms with Crippen molar-refractivity contribution in [2.45, 2.75) is 19.3 Å². The van der Waals surface area contributed by atoms with Gasteiger partial charge in [-0.3, -0.25) is 0 Å². The van der Waals surface area contributed by atoms with E-state index in [1.165, 1.54) is 30.6 Å². The number of nitrogens with zero attached hydrogens (tertiary/aromatic N) is 1. The fourth-order valence-electron chi connectivity index (χ4n) is 2.32. The number of anilines is 1. The second-order valence-corrected chi connectivity index (χ2v) is 5.68. The van der Waals surface area contributed by atoms with Gasteiger partial charge in [0.2, 0.25) is 0 Å². The SMILES string of the molecule is O=C(O)c1ccc(N2CCC3(CC3)C2)s1. The topological polar surface area (TPSA) is 40.5 Å². The van der Waals surface area contributed by atoms with Crippen molar-refractivity contribution in [1.82, 2.24) is 0 Å². The molecule has 2 aliphatic rings. The largest absolute Gasteiger partial charge is 0.477 e. The van der Waals surface area contributed by atoms with Crippen LogP contribution in [0.3, 0.4) is 0 Å². The minimum absolute atomic E-state index is 0.446. The van der Waals surface area contributed by atoms with Gasteiger partial charge in [-0.2, -0.15) is 0 Å². The van der Waals surface area contributed by atoms with E-state index in [4.69, 9.17) is 5.11 Å². The van der Waals surface area contributed by atoms with Crippen LogP contribution in [0.1, 0.15) is 28.9 Å². The third kappa shape index (κ3) is 1.53. The first-order valence-electron chi connectivity index (χ1n) is 5.27. The molecule has 1 spiro atoms. The number of rotatable bonds is 2. The van der Waals surface area contributed by atoms with Crippen LogP contribution in [0.25, 0.3) is 0 Å². The van der Waals surface area contributed by atoms with E-state index in [2.05, 4.69) is 4.90 Å². The molecule has 0 aromatic carbocycles. The standard InChI is InChI=1S/C11H13NO2S/c13-10(14)8-1-2-9(15-8)12-6-5-11(7-12)3-4-11/h1-2H,3-7H2,(H,13,14). The lowest BCUT2D eigenvalue weighted by molar-refractivity contribution is 0.0702. The van der Waals surface area contributed by atoms with Crippen molar-refractivity contribution < 1.29 is 9.90 Å². The Morgan fingerprint density at radius 1 is 1.40 bits per heavy atom. The maximum Gasteiger partial charge on any atom is 0.345 e. The predicted molar refractivity (Wildman–Crippen MR) is 59.8 cm³/mol. The van der Waals surface area contributed by atoms with Crippen LogP contribution in [0.5, 0.6) is 0 Å². The molecule has 1 aromatic rings. The van der Waals surface area contributed by atoms with Gasteiger partial charge in [-0.05, 0) is 36.8 Å². The number of carboxylic acids is 1. The van der Waals surface area contributed by atoms with Crippen LogP contribution in [-0.4, -0.2) is 24.2 Å². The molecular formula is C11H13NO2S. The minimum Gasteiger partial charge on any atom is -0.477 e. The Hall–Kier alpha value is -1.03. The van der Waals surface area contributed by atoms with Gasteiger partial charge < -0.3 is 10.0 Å². The maximum absolute atomic E-state index is 10.8. The Kier molecular flexibility index (Phi) is 1.83. The molecular weight excluding hydrogens is 210 g/mol. The molecule has 3 nitrogen and oxygen atoms in total. The van der Waals surface area contributed by atoms with Crippen molar-refractivity contribution >= 4 is 22.3 Å². The maximum atomic E-state index is 10.8. The molecule has 4 heteroatoms. The predicted octanol–water partition coefficient (Wildman–Crippen LogP) is 2.44. The van der Waals surface area contributed by atoms with Gasteiger partial charge in [0.25, 0.3) is 0 Å². The Morgan fingerprint density at radius 2 is 2.20 bits per heavy atom. The van der Waals surface area contributed by atoms with Gasteiger partial charge in [0, 0.05) is 13.1 Å². The molecule has 1 aliphatic carbocycles. The van der Waals surface area contributed by atoms with Crippen molar-refractivity contribution in [3.8, 4) is 0 Å². The van der Waals surface area contributed by atoms with Crippen LogP contribution < -0.4 is 4.90 Å². The highest BCUT2D eigenvalue weighted by Gasteiger charge is 2.47. The highest BCUT2D eigenvalue weighted by atomic mass is 32.1. The van der Waals surface area contributed by atoms with E-state index < -0.39 is 5.97 Å².